The highest BCUT2D eigenvalue weighted by Crippen LogP contribution is 2.26. The van der Waals surface area contributed by atoms with Crippen LogP contribution in [-0.2, 0) is 9.59 Å². The molecule has 1 unspecified atom stereocenters. The van der Waals surface area contributed by atoms with Crippen LogP contribution in [0.2, 0.25) is 0 Å². The van der Waals surface area contributed by atoms with Gasteiger partial charge in [0.05, 0.1) is 5.52 Å². The summed E-state index contributed by atoms with van der Waals surface area (Å²) >= 11 is 0. The molecule has 1 aromatic heterocycles. The Hall–Kier alpha value is -4.19. The van der Waals surface area contributed by atoms with Gasteiger partial charge in [-0.25, -0.2) is 0 Å². The van der Waals surface area contributed by atoms with Gasteiger partial charge in [0.2, 0.25) is 5.91 Å². The standard InChI is InChI=1S/C28H26N4O2/c33-26-10-4-5-18-32(26)24-14-11-22(12-15-24)31-28(34)27(20-7-2-1-3-8-20)30-23-13-16-25-21(19-23)9-6-17-29-25/h1-3,6-9,11-17,19,27,30H,4-5,10,18H2,(H,31,34). The molecule has 6 heteroatoms. The average Bonchev–Trinajstić information content (AvgIpc) is 2.88. The van der Waals surface area contributed by atoms with Gasteiger partial charge >= 0.3 is 0 Å². The van der Waals surface area contributed by atoms with Gasteiger partial charge in [-0.2, -0.15) is 0 Å². The lowest BCUT2D eigenvalue weighted by molar-refractivity contribution is -0.119. The number of nitrogens with zero attached hydrogens (tertiary/aromatic N) is 2. The lowest BCUT2D eigenvalue weighted by Gasteiger charge is -2.27. The van der Waals surface area contributed by atoms with Crippen molar-refractivity contribution in [1.82, 2.24) is 4.98 Å². The van der Waals surface area contributed by atoms with Gasteiger partial charge in [0, 0.05) is 41.6 Å². The zero-order chi connectivity index (χ0) is 23.3. The van der Waals surface area contributed by atoms with Gasteiger partial charge in [0.1, 0.15) is 6.04 Å². The first-order valence-corrected chi connectivity index (χ1v) is 11.5. The number of nitrogens with one attached hydrogen (secondary N) is 2. The molecule has 4 aromatic rings. The summed E-state index contributed by atoms with van der Waals surface area (Å²) in [6.07, 6.45) is 4.32. The van der Waals surface area contributed by atoms with Crippen LogP contribution in [0.5, 0.6) is 0 Å². The largest absolute Gasteiger partial charge is 0.370 e. The first-order valence-electron chi connectivity index (χ1n) is 11.5. The molecule has 0 radical (unpaired) electrons. The van der Waals surface area contributed by atoms with E-state index in [0.29, 0.717) is 12.1 Å². The molecule has 34 heavy (non-hydrogen) atoms. The topological polar surface area (TPSA) is 74.3 Å². The second-order valence-electron chi connectivity index (χ2n) is 8.44. The van der Waals surface area contributed by atoms with Gasteiger partial charge < -0.3 is 15.5 Å². The molecule has 1 atom stereocenters. The summed E-state index contributed by atoms with van der Waals surface area (Å²) in [6, 6.07) is 26.3. The Morgan fingerprint density at radius 2 is 1.68 bits per heavy atom. The molecular formula is C28H26N4O2. The summed E-state index contributed by atoms with van der Waals surface area (Å²) in [5.41, 5.74) is 4.15. The predicted octanol–water partition coefficient (Wildman–Crippen LogP) is 5.54. The average molecular weight is 451 g/mol. The van der Waals surface area contributed by atoms with Gasteiger partial charge in [0.25, 0.3) is 5.91 Å². The number of hydrogen-bond acceptors (Lipinski definition) is 4. The number of rotatable bonds is 6. The van der Waals surface area contributed by atoms with Crippen LogP contribution in [0.15, 0.2) is 91.1 Å². The number of amides is 2. The number of fused-ring (bicyclic) bond motifs is 1. The Bertz CT molecular complexity index is 1310. The molecule has 0 spiro atoms. The van der Waals surface area contributed by atoms with Gasteiger partial charge in [-0.3, -0.25) is 14.6 Å². The van der Waals surface area contributed by atoms with E-state index in [0.717, 1.165) is 47.2 Å². The van der Waals surface area contributed by atoms with E-state index in [1.165, 1.54) is 0 Å². The molecule has 2 heterocycles. The Labute approximate surface area is 198 Å². The van der Waals surface area contributed by atoms with Crippen LogP contribution in [0.1, 0.15) is 30.9 Å². The van der Waals surface area contributed by atoms with E-state index in [1.54, 1.807) is 6.20 Å². The van der Waals surface area contributed by atoms with E-state index < -0.39 is 6.04 Å². The van der Waals surface area contributed by atoms with Crippen LogP contribution in [0.3, 0.4) is 0 Å². The third-order valence-electron chi connectivity index (χ3n) is 6.08. The summed E-state index contributed by atoms with van der Waals surface area (Å²) in [5, 5.41) is 7.41. The molecule has 1 aliphatic heterocycles. The fourth-order valence-corrected chi connectivity index (χ4v) is 4.30. The Morgan fingerprint density at radius 1 is 0.882 bits per heavy atom. The summed E-state index contributed by atoms with van der Waals surface area (Å²) in [7, 11) is 0. The van der Waals surface area contributed by atoms with Crippen LogP contribution < -0.4 is 15.5 Å². The van der Waals surface area contributed by atoms with E-state index in [-0.39, 0.29) is 11.8 Å². The first-order chi connectivity index (χ1) is 16.7. The minimum atomic E-state index is -0.585. The molecule has 170 valence electrons. The minimum Gasteiger partial charge on any atom is -0.370 e. The number of pyridine rings is 1. The van der Waals surface area contributed by atoms with Crippen molar-refractivity contribution in [2.75, 3.05) is 22.1 Å². The summed E-state index contributed by atoms with van der Waals surface area (Å²) < 4.78 is 0. The minimum absolute atomic E-state index is 0.155. The molecular weight excluding hydrogens is 424 g/mol. The fraction of sp³-hybridized carbons (Fsp3) is 0.179. The van der Waals surface area contributed by atoms with Crippen LogP contribution in [-0.4, -0.2) is 23.3 Å². The third-order valence-corrected chi connectivity index (χ3v) is 6.08. The number of carbonyl (C=O) groups is 2. The fourth-order valence-electron chi connectivity index (χ4n) is 4.30. The zero-order valence-electron chi connectivity index (χ0n) is 18.8. The van der Waals surface area contributed by atoms with Crippen molar-refractivity contribution >= 4 is 39.8 Å². The van der Waals surface area contributed by atoms with Crippen molar-refractivity contribution in [3.8, 4) is 0 Å². The quantitative estimate of drug-likeness (QED) is 0.404. The van der Waals surface area contributed by atoms with Crippen molar-refractivity contribution in [2.45, 2.75) is 25.3 Å². The zero-order valence-corrected chi connectivity index (χ0v) is 18.8. The second-order valence-corrected chi connectivity index (χ2v) is 8.44. The number of anilines is 3. The highest BCUT2D eigenvalue weighted by Gasteiger charge is 2.22. The molecule has 1 aliphatic rings. The summed E-state index contributed by atoms with van der Waals surface area (Å²) in [6.45, 7) is 0.742. The van der Waals surface area contributed by atoms with Gasteiger partial charge in [-0.05, 0) is 66.9 Å². The van der Waals surface area contributed by atoms with E-state index in [4.69, 9.17) is 0 Å². The van der Waals surface area contributed by atoms with Crippen molar-refractivity contribution in [3.05, 3.63) is 96.7 Å². The molecule has 1 fully saturated rings. The van der Waals surface area contributed by atoms with Crippen molar-refractivity contribution in [2.24, 2.45) is 0 Å². The molecule has 0 saturated carbocycles. The first kappa shape index (κ1) is 21.6. The lowest BCUT2D eigenvalue weighted by atomic mass is 10.0. The molecule has 5 rings (SSSR count). The Kier molecular flexibility index (Phi) is 6.21. The number of aromatic nitrogens is 1. The van der Waals surface area contributed by atoms with Crippen LogP contribution in [0, 0.1) is 0 Å². The molecule has 2 N–H and O–H groups in total. The maximum atomic E-state index is 13.4. The number of hydrogen-bond donors (Lipinski definition) is 2. The van der Waals surface area contributed by atoms with Gasteiger partial charge in [-0.1, -0.05) is 36.4 Å². The molecule has 6 nitrogen and oxygen atoms in total. The number of benzene rings is 3. The van der Waals surface area contributed by atoms with Gasteiger partial charge in [0.15, 0.2) is 0 Å². The maximum Gasteiger partial charge on any atom is 0.251 e. The molecule has 3 aromatic carbocycles. The Morgan fingerprint density at radius 3 is 2.47 bits per heavy atom. The van der Waals surface area contributed by atoms with E-state index in [2.05, 4.69) is 15.6 Å². The van der Waals surface area contributed by atoms with Crippen molar-refractivity contribution < 1.29 is 9.59 Å². The SMILES string of the molecule is O=C(Nc1ccc(N2CCCCC2=O)cc1)C(Nc1ccc2ncccc2c1)c1ccccc1. The van der Waals surface area contributed by atoms with Gasteiger partial charge in [-0.15, -0.1) is 0 Å². The monoisotopic (exact) mass is 450 g/mol. The molecule has 2 amide bonds. The smallest absolute Gasteiger partial charge is 0.251 e. The number of carbonyl (C=O) groups excluding carboxylic acids is 2. The summed E-state index contributed by atoms with van der Waals surface area (Å²) in [4.78, 5) is 31.8. The number of piperidine rings is 1. The predicted molar refractivity (Wildman–Crippen MR) is 136 cm³/mol. The van der Waals surface area contributed by atoms with E-state index in [9.17, 15) is 9.59 Å². The summed E-state index contributed by atoms with van der Waals surface area (Å²) in [5.74, 6) is -0.0127. The Balaban J connectivity index is 1.36. The van der Waals surface area contributed by atoms with Crippen LogP contribution >= 0.6 is 0 Å². The van der Waals surface area contributed by atoms with E-state index >= 15 is 0 Å². The highest BCUT2D eigenvalue weighted by molar-refractivity contribution is 5.98. The van der Waals surface area contributed by atoms with Crippen molar-refractivity contribution in [3.63, 3.8) is 0 Å². The van der Waals surface area contributed by atoms with Crippen molar-refractivity contribution in [1.29, 1.82) is 0 Å². The molecule has 0 aliphatic carbocycles. The van der Waals surface area contributed by atoms with Crippen LogP contribution in [0.25, 0.3) is 10.9 Å². The lowest BCUT2D eigenvalue weighted by Crippen LogP contribution is -2.35. The maximum absolute atomic E-state index is 13.4. The normalized spacial score (nSPS) is 14.6. The van der Waals surface area contributed by atoms with E-state index in [1.807, 2.05) is 89.8 Å². The highest BCUT2D eigenvalue weighted by atomic mass is 16.2. The molecule has 0 bridgehead atoms. The second kappa shape index (κ2) is 9.75. The third kappa shape index (κ3) is 4.76. The molecule has 1 saturated heterocycles. The van der Waals surface area contributed by atoms with Crippen LogP contribution in [0.4, 0.5) is 17.1 Å².